The van der Waals surface area contributed by atoms with Gasteiger partial charge >= 0.3 is 12.2 Å². The molecule has 2 N–H and O–H groups in total. The molecule has 51 heavy (non-hydrogen) atoms. The van der Waals surface area contributed by atoms with Crippen LogP contribution < -0.4 is 0 Å². The topological polar surface area (TPSA) is 116 Å². The largest absolute Gasteiger partial charge is 0.444 e. The molecule has 7 rings (SSSR count). The molecule has 0 spiro atoms. The van der Waals surface area contributed by atoms with Gasteiger partial charge in [-0.3, -0.25) is 9.80 Å². The molecular weight excluding hydrogens is 661 g/mol. The summed E-state index contributed by atoms with van der Waals surface area (Å²) in [7, 11) is 0. The summed E-state index contributed by atoms with van der Waals surface area (Å²) in [6, 6.07) is 19.0. The van der Waals surface area contributed by atoms with Crippen LogP contribution in [-0.4, -0.2) is 71.2 Å². The number of benzene rings is 3. The fraction of sp³-hybridized carbons (Fsp3) is 0.425. The second-order valence-electron chi connectivity index (χ2n) is 15.7. The zero-order valence-electron chi connectivity index (χ0n) is 30.2. The highest BCUT2D eigenvalue weighted by molar-refractivity contribution is 7.80. The SMILES string of the molecule is CC(C)(C)OC(=O)N1CCC[C@@H](c2ncc(-c3ccc4cc(-c5ccc6nc([C@@H]7CCCCN7C(=O)OC(C)(C)C)[nH]c6c5)ccc4c3)[nH]2)C1=S. The van der Waals surface area contributed by atoms with Gasteiger partial charge in [-0.05, 0) is 120 Å². The number of fused-ring (bicyclic) bond motifs is 2. The molecule has 2 amide bonds. The van der Waals surface area contributed by atoms with Crippen LogP contribution in [0.15, 0.2) is 60.8 Å². The first kappa shape index (κ1) is 34.7. The summed E-state index contributed by atoms with van der Waals surface area (Å²) in [5.74, 6) is 1.40. The van der Waals surface area contributed by atoms with E-state index in [-0.39, 0.29) is 18.1 Å². The van der Waals surface area contributed by atoms with Crippen LogP contribution in [0, 0.1) is 0 Å². The summed E-state index contributed by atoms with van der Waals surface area (Å²) in [5.41, 5.74) is 4.78. The van der Waals surface area contributed by atoms with Gasteiger partial charge in [-0.25, -0.2) is 19.6 Å². The number of piperidine rings is 2. The van der Waals surface area contributed by atoms with Crippen LogP contribution in [0.3, 0.4) is 0 Å². The molecule has 10 nitrogen and oxygen atoms in total. The van der Waals surface area contributed by atoms with E-state index < -0.39 is 17.3 Å². The van der Waals surface area contributed by atoms with Crippen molar-refractivity contribution in [2.75, 3.05) is 13.1 Å². The van der Waals surface area contributed by atoms with E-state index in [0.717, 1.165) is 87.9 Å². The Morgan fingerprint density at radius 1 is 0.765 bits per heavy atom. The van der Waals surface area contributed by atoms with Crippen LogP contribution >= 0.6 is 12.2 Å². The predicted octanol–water partition coefficient (Wildman–Crippen LogP) is 9.68. The lowest BCUT2D eigenvalue weighted by atomic mass is 9.97. The lowest BCUT2D eigenvalue weighted by Crippen LogP contribution is -2.45. The number of aromatic nitrogens is 4. The maximum atomic E-state index is 13.0. The molecule has 0 bridgehead atoms. The van der Waals surface area contributed by atoms with E-state index in [9.17, 15) is 9.59 Å². The monoisotopic (exact) mass is 706 g/mol. The van der Waals surface area contributed by atoms with Gasteiger partial charge < -0.3 is 19.4 Å². The summed E-state index contributed by atoms with van der Waals surface area (Å²) in [6.45, 7) is 12.5. The van der Waals surface area contributed by atoms with Crippen LogP contribution in [0.1, 0.15) is 97.3 Å². The van der Waals surface area contributed by atoms with Crippen molar-refractivity contribution >= 4 is 51.2 Å². The lowest BCUT2D eigenvalue weighted by Gasteiger charge is -2.35. The second kappa shape index (κ2) is 13.4. The molecule has 3 aromatic carbocycles. The third kappa shape index (κ3) is 7.49. The van der Waals surface area contributed by atoms with Crippen LogP contribution in [0.2, 0.25) is 0 Å². The average molecular weight is 707 g/mol. The lowest BCUT2D eigenvalue weighted by molar-refractivity contribution is 0.00852. The summed E-state index contributed by atoms with van der Waals surface area (Å²) in [5, 5.41) is 2.24. The predicted molar refractivity (Wildman–Crippen MR) is 204 cm³/mol. The van der Waals surface area contributed by atoms with Crippen LogP contribution in [-0.2, 0) is 9.47 Å². The molecule has 0 saturated carbocycles. The van der Waals surface area contributed by atoms with Crippen LogP contribution in [0.4, 0.5) is 9.59 Å². The van der Waals surface area contributed by atoms with Crippen molar-refractivity contribution in [1.29, 1.82) is 0 Å². The van der Waals surface area contributed by atoms with E-state index in [1.165, 1.54) is 0 Å². The Morgan fingerprint density at radius 2 is 1.43 bits per heavy atom. The molecule has 2 aliphatic heterocycles. The number of thiocarbonyl (C=S) groups is 1. The van der Waals surface area contributed by atoms with E-state index in [4.69, 9.17) is 31.7 Å². The fourth-order valence-electron chi connectivity index (χ4n) is 7.00. The van der Waals surface area contributed by atoms with Gasteiger partial charge in [0.05, 0.1) is 39.9 Å². The molecule has 0 unspecified atom stereocenters. The quantitative estimate of drug-likeness (QED) is 0.179. The minimum atomic E-state index is -0.589. The number of hydrogen-bond acceptors (Lipinski definition) is 7. The highest BCUT2D eigenvalue weighted by atomic mass is 32.1. The molecule has 0 aliphatic carbocycles. The van der Waals surface area contributed by atoms with Gasteiger partial charge in [-0.1, -0.05) is 42.5 Å². The highest BCUT2D eigenvalue weighted by Gasteiger charge is 2.35. The van der Waals surface area contributed by atoms with Crippen LogP contribution in [0.25, 0.3) is 44.2 Å². The number of imidazole rings is 2. The van der Waals surface area contributed by atoms with Crippen LogP contribution in [0.5, 0.6) is 0 Å². The average Bonchev–Trinajstić information content (AvgIpc) is 3.74. The minimum Gasteiger partial charge on any atom is -0.444 e. The number of H-pyrrole nitrogens is 2. The normalized spacial score (nSPS) is 18.7. The Balaban J connectivity index is 1.08. The van der Waals surface area contributed by atoms with Gasteiger partial charge in [0.2, 0.25) is 0 Å². The Bertz CT molecular complexity index is 2120. The van der Waals surface area contributed by atoms with Gasteiger partial charge in [0.1, 0.15) is 22.9 Å². The van der Waals surface area contributed by atoms with E-state index >= 15 is 0 Å². The van der Waals surface area contributed by atoms with Gasteiger partial charge in [0.15, 0.2) is 0 Å². The number of ether oxygens (including phenoxy) is 2. The second-order valence-corrected chi connectivity index (χ2v) is 16.1. The molecular formula is C40H46N6O4S. The maximum absolute atomic E-state index is 13.0. The van der Waals surface area contributed by atoms with E-state index in [1.54, 1.807) is 4.90 Å². The standard InChI is InChI=1S/C40H46N6O4S/c1-39(2,3)49-37(47)45-18-8-7-11-33(45)35-42-30-17-16-27(22-31(30)43-35)25-12-13-26-21-28(15-14-24(26)20-25)32-23-41-34(44-32)29-10-9-19-46(36(29)51)38(48)50-40(4,5)6/h12-17,20-23,29,33H,7-11,18-19H2,1-6H3,(H,41,44)(H,42,43)/t29-,33-/m0/s1. The van der Waals surface area contributed by atoms with Gasteiger partial charge in [-0.2, -0.15) is 0 Å². The van der Waals surface area contributed by atoms with Gasteiger partial charge in [-0.15, -0.1) is 0 Å². The van der Waals surface area contributed by atoms with Crippen molar-refractivity contribution < 1.29 is 19.1 Å². The molecule has 2 fully saturated rings. The van der Waals surface area contributed by atoms with Crippen molar-refractivity contribution in [1.82, 2.24) is 29.7 Å². The fourth-order valence-corrected chi connectivity index (χ4v) is 7.40. The number of carbonyl (C=O) groups is 2. The van der Waals surface area contributed by atoms with E-state index in [2.05, 4.69) is 58.5 Å². The zero-order valence-corrected chi connectivity index (χ0v) is 31.0. The van der Waals surface area contributed by atoms with Gasteiger partial charge in [0.25, 0.3) is 0 Å². The molecule has 2 aromatic heterocycles. The third-order valence-electron chi connectivity index (χ3n) is 9.41. The minimum absolute atomic E-state index is 0.142. The first-order chi connectivity index (χ1) is 24.2. The highest BCUT2D eigenvalue weighted by Crippen LogP contribution is 2.35. The number of aromatic amines is 2. The first-order valence-electron chi connectivity index (χ1n) is 17.9. The smallest absolute Gasteiger partial charge is 0.415 e. The Hall–Kier alpha value is -4.77. The summed E-state index contributed by atoms with van der Waals surface area (Å²) in [4.78, 5) is 46.4. The van der Waals surface area contributed by atoms with E-state index in [0.29, 0.717) is 18.1 Å². The Labute approximate surface area is 303 Å². The molecule has 2 aliphatic rings. The van der Waals surface area contributed by atoms with Crippen molar-refractivity contribution in [2.24, 2.45) is 0 Å². The molecule has 11 heteroatoms. The molecule has 0 radical (unpaired) electrons. The first-order valence-corrected chi connectivity index (χ1v) is 18.3. The Morgan fingerprint density at radius 3 is 2.18 bits per heavy atom. The third-order valence-corrected chi connectivity index (χ3v) is 9.91. The number of rotatable bonds is 4. The van der Waals surface area contributed by atoms with Gasteiger partial charge in [0, 0.05) is 18.7 Å². The summed E-state index contributed by atoms with van der Waals surface area (Å²) >= 11 is 5.77. The molecule has 5 aromatic rings. The Kier molecular flexibility index (Phi) is 9.12. The molecule has 2 atom stereocenters. The van der Waals surface area contributed by atoms with Crippen molar-refractivity contribution in [3.05, 3.63) is 72.4 Å². The molecule has 266 valence electrons. The number of likely N-dealkylation sites (tertiary alicyclic amines) is 2. The van der Waals surface area contributed by atoms with Crippen molar-refractivity contribution in [3.8, 4) is 22.4 Å². The maximum Gasteiger partial charge on any atom is 0.415 e. The summed E-state index contributed by atoms with van der Waals surface area (Å²) in [6.07, 6.45) is 5.63. The number of carbonyl (C=O) groups excluding carboxylic acids is 2. The van der Waals surface area contributed by atoms with Crippen molar-refractivity contribution in [3.63, 3.8) is 0 Å². The van der Waals surface area contributed by atoms with Crippen molar-refractivity contribution in [2.45, 2.75) is 96.8 Å². The van der Waals surface area contributed by atoms with E-state index in [1.807, 2.05) is 58.7 Å². The molecule has 4 heterocycles. The number of nitrogens with one attached hydrogen (secondary N) is 2. The number of nitrogens with zero attached hydrogens (tertiary/aromatic N) is 4. The molecule has 2 saturated heterocycles. The zero-order chi connectivity index (χ0) is 36.1. The number of hydrogen-bond donors (Lipinski definition) is 2. The summed E-state index contributed by atoms with van der Waals surface area (Å²) < 4.78 is 11.3. The number of amides is 2.